The Bertz CT molecular complexity index is 248. The lowest BCUT2D eigenvalue weighted by atomic mass is 10.4. The van der Waals surface area contributed by atoms with Gasteiger partial charge in [-0.15, -0.1) is 0 Å². The molecule has 0 spiro atoms. The fourth-order valence-corrected chi connectivity index (χ4v) is 1.29. The van der Waals surface area contributed by atoms with E-state index < -0.39 is 10.8 Å². The zero-order valence-corrected chi connectivity index (χ0v) is 11.7. The van der Waals surface area contributed by atoms with Gasteiger partial charge in [0.25, 0.3) is 0 Å². The number of nitrogens with two attached hydrogens (primary N) is 1. The molecule has 0 aromatic heterocycles. The number of hydrogen-bond donors (Lipinski definition) is 3. The molecule has 0 aliphatic heterocycles. The van der Waals surface area contributed by atoms with E-state index in [9.17, 15) is 4.21 Å². The summed E-state index contributed by atoms with van der Waals surface area (Å²) in [5, 5.41) is 3.09. The summed E-state index contributed by atoms with van der Waals surface area (Å²) in [5.74, 6) is 5.85. The lowest BCUT2D eigenvalue weighted by Crippen LogP contribution is -2.42. The van der Waals surface area contributed by atoms with Crippen molar-refractivity contribution in [1.82, 2.24) is 10.7 Å². The fourth-order valence-electron chi connectivity index (χ4n) is 1.00. The van der Waals surface area contributed by atoms with Crippen LogP contribution in [0.15, 0.2) is 4.99 Å². The highest BCUT2D eigenvalue weighted by Crippen LogP contribution is 1.92. The zero-order valence-electron chi connectivity index (χ0n) is 10.9. The number of nitrogens with zero attached hydrogens (tertiary/aromatic N) is 1. The van der Waals surface area contributed by atoms with Crippen molar-refractivity contribution >= 4 is 16.8 Å². The van der Waals surface area contributed by atoms with Crippen molar-refractivity contribution in [2.45, 2.75) is 25.5 Å². The average Bonchev–Trinajstić information content (AvgIpc) is 2.32. The summed E-state index contributed by atoms with van der Waals surface area (Å²) in [6.45, 7) is 6.54. The zero-order chi connectivity index (χ0) is 13.1. The Hall–Kier alpha value is -0.660. The van der Waals surface area contributed by atoms with E-state index in [1.54, 1.807) is 6.26 Å². The molecule has 0 rings (SSSR count). The molecule has 0 bridgehead atoms. The Balaban J connectivity index is 3.81. The van der Waals surface area contributed by atoms with Crippen molar-refractivity contribution in [3.63, 3.8) is 0 Å². The number of rotatable bonds is 8. The second-order valence-electron chi connectivity index (χ2n) is 3.62. The number of hydrogen-bond acceptors (Lipinski definition) is 4. The third kappa shape index (κ3) is 9.08. The molecule has 2 unspecified atom stereocenters. The largest absolute Gasteiger partial charge is 0.382 e. The summed E-state index contributed by atoms with van der Waals surface area (Å²) < 4.78 is 16.3. The van der Waals surface area contributed by atoms with Gasteiger partial charge in [0.1, 0.15) is 0 Å². The topological polar surface area (TPSA) is 88.7 Å². The highest BCUT2D eigenvalue weighted by Gasteiger charge is 2.05. The third-order valence-electron chi connectivity index (χ3n) is 2.17. The number of nitrogens with one attached hydrogen (secondary N) is 2. The second-order valence-corrected chi connectivity index (χ2v) is 5.42. The van der Waals surface area contributed by atoms with Gasteiger partial charge in [-0.2, -0.15) is 0 Å². The van der Waals surface area contributed by atoms with Gasteiger partial charge in [-0.3, -0.25) is 14.6 Å². The Morgan fingerprint density at radius 2 is 2.29 bits per heavy atom. The predicted molar refractivity (Wildman–Crippen MR) is 72.3 cm³/mol. The molecule has 7 heteroatoms. The maximum atomic E-state index is 11.1. The van der Waals surface area contributed by atoms with Crippen LogP contribution < -0.4 is 16.6 Å². The molecule has 0 saturated heterocycles. The summed E-state index contributed by atoms with van der Waals surface area (Å²) in [6.07, 6.45) is 2.56. The monoisotopic (exact) mass is 264 g/mol. The van der Waals surface area contributed by atoms with E-state index in [4.69, 9.17) is 10.6 Å². The maximum absolute atomic E-state index is 11.1. The minimum Gasteiger partial charge on any atom is -0.382 e. The molecule has 0 aromatic carbocycles. The molecule has 0 aliphatic rings. The smallest absolute Gasteiger partial charge is 0.205 e. The summed E-state index contributed by atoms with van der Waals surface area (Å²) in [7, 11) is -0.862. The van der Waals surface area contributed by atoms with Gasteiger partial charge in [-0.05, 0) is 20.3 Å². The van der Waals surface area contributed by atoms with Gasteiger partial charge >= 0.3 is 0 Å². The van der Waals surface area contributed by atoms with Crippen molar-refractivity contribution in [3.05, 3.63) is 0 Å². The first-order valence-corrected chi connectivity index (χ1v) is 7.38. The van der Waals surface area contributed by atoms with Crippen molar-refractivity contribution in [2.24, 2.45) is 10.8 Å². The van der Waals surface area contributed by atoms with Gasteiger partial charge in [0.05, 0.1) is 11.8 Å². The molecular weight excluding hydrogens is 240 g/mol. The molecule has 0 radical (unpaired) electrons. The van der Waals surface area contributed by atoms with Crippen molar-refractivity contribution in [2.75, 3.05) is 32.6 Å². The van der Waals surface area contributed by atoms with Gasteiger partial charge in [-0.25, -0.2) is 5.84 Å². The number of hydrazine groups is 1. The van der Waals surface area contributed by atoms with Crippen molar-refractivity contribution < 1.29 is 8.95 Å². The lowest BCUT2D eigenvalue weighted by molar-refractivity contribution is 0.145. The van der Waals surface area contributed by atoms with E-state index >= 15 is 0 Å². The van der Waals surface area contributed by atoms with Crippen LogP contribution in [0.4, 0.5) is 0 Å². The first-order valence-electron chi connectivity index (χ1n) is 5.76. The van der Waals surface area contributed by atoms with Crippen molar-refractivity contribution in [1.29, 1.82) is 0 Å². The molecule has 17 heavy (non-hydrogen) atoms. The predicted octanol–water partition coefficient (Wildman–Crippen LogP) is -0.411. The molecular formula is C10H24N4O2S. The first kappa shape index (κ1) is 16.3. The Morgan fingerprint density at radius 3 is 2.82 bits per heavy atom. The normalized spacial score (nSPS) is 15.4. The molecule has 0 heterocycles. The first-order chi connectivity index (χ1) is 8.11. The molecule has 2 atom stereocenters. The van der Waals surface area contributed by atoms with Crippen LogP contribution in [0, 0.1) is 0 Å². The highest BCUT2D eigenvalue weighted by molar-refractivity contribution is 7.84. The number of guanidine groups is 1. The Labute approximate surface area is 106 Å². The molecule has 6 nitrogen and oxygen atoms in total. The van der Waals surface area contributed by atoms with Gasteiger partial charge in [-0.1, -0.05) is 0 Å². The SMILES string of the molecule is CCOCCCNC(=NCC(C)S(C)=O)NN. The van der Waals surface area contributed by atoms with Crippen molar-refractivity contribution in [3.8, 4) is 0 Å². The molecule has 4 N–H and O–H groups in total. The van der Waals surface area contributed by atoms with Gasteiger partial charge in [0, 0.05) is 36.8 Å². The van der Waals surface area contributed by atoms with E-state index in [2.05, 4.69) is 15.7 Å². The minimum absolute atomic E-state index is 0.0311. The quantitative estimate of drug-likeness (QED) is 0.182. The van der Waals surface area contributed by atoms with Crippen LogP contribution >= 0.6 is 0 Å². The molecule has 0 fully saturated rings. The highest BCUT2D eigenvalue weighted by atomic mass is 32.2. The van der Waals surface area contributed by atoms with E-state index in [0.29, 0.717) is 12.5 Å². The summed E-state index contributed by atoms with van der Waals surface area (Å²) in [5.41, 5.74) is 2.49. The molecule has 0 saturated carbocycles. The molecule has 0 aliphatic carbocycles. The summed E-state index contributed by atoms with van der Waals surface area (Å²) in [6, 6.07) is 0. The third-order valence-corrected chi connectivity index (χ3v) is 3.45. The Kier molecular flexibility index (Phi) is 10.1. The minimum atomic E-state index is -0.862. The second kappa shape index (κ2) is 10.5. The van der Waals surface area contributed by atoms with Gasteiger partial charge < -0.3 is 10.1 Å². The van der Waals surface area contributed by atoms with E-state index in [0.717, 1.165) is 26.2 Å². The molecule has 102 valence electrons. The fraction of sp³-hybridized carbons (Fsp3) is 0.900. The van der Waals surface area contributed by atoms with Crippen LogP contribution in [0.3, 0.4) is 0 Å². The van der Waals surface area contributed by atoms with Crippen LogP contribution in [0.2, 0.25) is 0 Å². The molecule has 0 aromatic rings. The molecule has 0 amide bonds. The van der Waals surface area contributed by atoms with Gasteiger partial charge in [0.15, 0.2) is 0 Å². The van der Waals surface area contributed by atoms with E-state index in [-0.39, 0.29) is 5.25 Å². The van der Waals surface area contributed by atoms with Crippen LogP contribution in [-0.4, -0.2) is 48.0 Å². The lowest BCUT2D eigenvalue weighted by Gasteiger charge is -2.10. The number of ether oxygens (including phenoxy) is 1. The van der Waals surface area contributed by atoms with Crippen LogP contribution in [0.1, 0.15) is 20.3 Å². The van der Waals surface area contributed by atoms with Crippen LogP contribution in [-0.2, 0) is 15.5 Å². The Morgan fingerprint density at radius 1 is 1.59 bits per heavy atom. The van der Waals surface area contributed by atoms with Crippen LogP contribution in [0.5, 0.6) is 0 Å². The average molecular weight is 264 g/mol. The summed E-state index contributed by atoms with van der Waals surface area (Å²) >= 11 is 0. The van der Waals surface area contributed by atoms with Gasteiger partial charge in [0.2, 0.25) is 5.96 Å². The van der Waals surface area contributed by atoms with Crippen LogP contribution in [0.25, 0.3) is 0 Å². The van der Waals surface area contributed by atoms with E-state index in [1.165, 1.54) is 0 Å². The summed E-state index contributed by atoms with van der Waals surface area (Å²) in [4.78, 5) is 4.22. The maximum Gasteiger partial charge on any atom is 0.205 e. The van der Waals surface area contributed by atoms with E-state index in [1.807, 2.05) is 13.8 Å². The standard InChI is InChI=1S/C10H24N4O2S/c1-4-16-7-5-6-12-10(14-11)13-8-9(2)17(3)15/h9H,4-8,11H2,1-3H3,(H2,12,13,14). The number of aliphatic imine (C=N–C) groups is 1.